The van der Waals surface area contributed by atoms with Gasteiger partial charge in [0.2, 0.25) is 0 Å². The summed E-state index contributed by atoms with van der Waals surface area (Å²) < 4.78 is 11.7. The molecule has 0 N–H and O–H groups in total. The van der Waals surface area contributed by atoms with Gasteiger partial charge in [-0.2, -0.15) is 0 Å². The van der Waals surface area contributed by atoms with Crippen LogP contribution in [0.1, 0.15) is 43.2 Å². The topological polar surface area (TPSA) is 21.7 Å². The van der Waals surface area contributed by atoms with Crippen LogP contribution in [0.2, 0.25) is 0 Å². The number of rotatable bonds is 3. The maximum atomic E-state index is 5.83. The van der Waals surface area contributed by atoms with Crippen LogP contribution < -0.4 is 0 Å². The molecule has 4 rings (SSSR count). The van der Waals surface area contributed by atoms with Gasteiger partial charge in [0.15, 0.2) is 5.79 Å². The minimum absolute atomic E-state index is 0.194. The number of benzene rings is 1. The van der Waals surface area contributed by atoms with Crippen LogP contribution >= 0.6 is 0 Å². The Morgan fingerprint density at radius 2 is 1.77 bits per heavy atom. The van der Waals surface area contributed by atoms with Gasteiger partial charge in [0.05, 0.1) is 13.2 Å². The minimum atomic E-state index is -0.194. The van der Waals surface area contributed by atoms with Gasteiger partial charge in [0.1, 0.15) is 0 Å². The summed E-state index contributed by atoms with van der Waals surface area (Å²) in [6, 6.07) is 8.92. The Balaban J connectivity index is 1.24. The highest BCUT2D eigenvalue weighted by atomic mass is 16.7. The maximum absolute atomic E-state index is 5.83. The molecule has 22 heavy (non-hydrogen) atoms. The first-order valence-corrected chi connectivity index (χ1v) is 8.90. The first-order chi connectivity index (χ1) is 10.8. The lowest BCUT2D eigenvalue weighted by atomic mass is 9.83. The lowest BCUT2D eigenvalue weighted by molar-refractivity contribution is -0.182. The van der Waals surface area contributed by atoms with Crippen LogP contribution in [0, 0.1) is 5.92 Å². The van der Waals surface area contributed by atoms with E-state index in [1.54, 1.807) is 5.56 Å². The van der Waals surface area contributed by atoms with Crippen molar-refractivity contribution in [2.24, 2.45) is 5.92 Å². The second-order valence-electron chi connectivity index (χ2n) is 7.13. The Morgan fingerprint density at radius 1 is 1.05 bits per heavy atom. The van der Waals surface area contributed by atoms with E-state index >= 15 is 0 Å². The molecule has 2 aliphatic heterocycles. The van der Waals surface area contributed by atoms with Crippen molar-refractivity contribution in [2.75, 3.05) is 26.3 Å². The molecular weight excluding hydrogens is 274 g/mol. The van der Waals surface area contributed by atoms with Crippen LogP contribution in [0.25, 0.3) is 0 Å². The van der Waals surface area contributed by atoms with Gasteiger partial charge in [-0.1, -0.05) is 24.3 Å². The molecule has 0 atom stereocenters. The molecule has 0 aromatic heterocycles. The van der Waals surface area contributed by atoms with Gasteiger partial charge >= 0.3 is 0 Å². The molecule has 1 saturated heterocycles. The van der Waals surface area contributed by atoms with Crippen LogP contribution in [0.4, 0.5) is 0 Å². The standard InChI is InChI=1S/C19H27NO2/c1-2-4-18-15-20(12-8-17(18)3-1)11-7-16-5-9-19(10-6-16)21-13-14-22-19/h1-4,16H,5-15H2. The first-order valence-electron chi connectivity index (χ1n) is 8.90. The molecule has 1 aromatic carbocycles. The monoisotopic (exact) mass is 301 g/mol. The van der Waals surface area contributed by atoms with E-state index in [2.05, 4.69) is 29.2 Å². The van der Waals surface area contributed by atoms with Crippen molar-refractivity contribution in [3.05, 3.63) is 35.4 Å². The quantitative estimate of drug-likeness (QED) is 0.854. The van der Waals surface area contributed by atoms with Crippen molar-refractivity contribution in [3.8, 4) is 0 Å². The zero-order chi connectivity index (χ0) is 14.8. The van der Waals surface area contributed by atoms with Gasteiger partial charge in [-0.3, -0.25) is 4.90 Å². The molecule has 1 saturated carbocycles. The number of hydrogen-bond acceptors (Lipinski definition) is 3. The Kier molecular flexibility index (Phi) is 4.21. The average molecular weight is 301 g/mol. The average Bonchev–Trinajstić information content (AvgIpc) is 3.02. The van der Waals surface area contributed by atoms with Gasteiger partial charge in [0, 0.05) is 25.9 Å². The summed E-state index contributed by atoms with van der Waals surface area (Å²) in [5.41, 5.74) is 3.08. The van der Waals surface area contributed by atoms with E-state index in [1.165, 1.54) is 44.3 Å². The Bertz CT molecular complexity index is 500. The predicted octanol–water partition coefficient (Wildman–Crippen LogP) is 3.37. The molecular formula is C19H27NO2. The summed E-state index contributed by atoms with van der Waals surface area (Å²) >= 11 is 0. The molecule has 1 aliphatic carbocycles. The highest BCUT2D eigenvalue weighted by Gasteiger charge is 2.40. The fourth-order valence-corrected chi connectivity index (χ4v) is 4.30. The molecule has 3 nitrogen and oxygen atoms in total. The summed E-state index contributed by atoms with van der Waals surface area (Å²) in [7, 11) is 0. The number of fused-ring (bicyclic) bond motifs is 1. The Hall–Kier alpha value is -0.900. The molecule has 3 heteroatoms. The van der Waals surface area contributed by atoms with E-state index < -0.39 is 0 Å². The highest BCUT2D eigenvalue weighted by Crippen LogP contribution is 2.39. The first kappa shape index (κ1) is 14.7. The van der Waals surface area contributed by atoms with Crippen molar-refractivity contribution in [2.45, 2.75) is 50.9 Å². The van der Waals surface area contributed by atoms with Crippen molar-refractivity contribution in [3.63, 3.8) is 0 Å². The molecule has 3 aliphatic rings. The van der Waals surface area contributed by atoms with Crippen LogP contribution in [-0.2, 0) is 22.4 Å². The smallest absolute Gasteiger partial charge is 0.168 e. The third-order valence-electron chi connectivity index (χ3n) is 5.74. The fraction of sp³-hybridized carbons (Fsp3) is 0.684. The summed E-state index contributed by atoms with van der Waals surface area (Å²) in [4.78, 5) is 2.63. The lowest BCUT2D eigenvalue weighted by Crippen LogP contribution is -2.37. The van der Waals surface area contributed by atoms with Crippen molar-refractivity contribution >= 4 is 0 Å². The lowest BCUT2D eigenvalue weighted by Gasteiger charge is -2.36. The van der Waals surface area contributed by atoms with E-state index in [0.717, 1.165) is 38.5 Å². The largest absolute Gasteiger partial charge is 0.348 e. The SMILES string of the molecule is c1ccc2c(c1)CCN(CCC1CCC3(CC1)OCCO3)C2. The molecule has 0 amide bonds. The normalized spacial score (nSPS) is 25.5. The van der Waals surface area contributed by atoms with Crippen LogP contribution in [0.5, 0.6) is 0 Å². The zero-order valence-electron chi connectivity index (χ0n) is 13.4. The highest BCUT2D eigenvalue weighted by molar-refractivity contribution is 5.28. The van der Waals surface area contributed by atoms with E-state index in [1.807, 2.05) is 0 Å². The Labute approximate surface area is 133 Å². The van der Waals surface area contributed by atoms with Gasteiger partial charge in [-0.25, -0.2) is 0 Å². The summed E-state index contributed by atoms with van der Waals surface area (Å²) in [6.45, 7) is 5.18. The third kappa shape index (κ3) is 3.08. The molecule has 0 bridgehead atoms. The second-order valence-corrected chi connectivity index (χ2v) is 7.13. The fourth-order valence-electron chi connectivity index (χ4n) is 4.30. The molecule has 120 valence electrons. The van der Waals surface area contributed by atoms with Gasteiger partial charge in [-0.05, 0) is 49.3 Å². The number of ether oxygens (including phenoxy) is 2. The molecule has 1 spiro atoms. The van der Waals surface area contributed by atoms with E-state index in [0.29, 0.717) is 0 Å². The van der Waals surface area contributed by atoms with Gasteiger partial charge in [-0.15, -0.1) is 0 Å². The number of hydrogen-bond donors (Lipinski definition) is 0. The van der Waals surface area contributed by atoms with Gasteiger partial charge in [0.25, 0.3) is 0 Å². The molecule has 2 fully saturated rings. The summed E-state index contributed by atoms with van der Waals surface area (Å²) in [6.07, 6.45) is 7.28. The van der Waals surface area contributed by atoms with Crippen molar-refractivity contribution in [1.82, 2.24) is 4.90 Å². The van der Waals surface area contributed by atoms with Crippen LogP contribution in [0.15, 0.2) is 24.3 Å². The predicted molar refractivity (Wildman–Crippen MR) is 86.6 cm³/mol. The maximum Gasteiger partial charge on any atom is 0.168 e. The summed E-state index contributed by atoms with van der Waals surface area (Å²) in [5.74, 6) is 0.663. The molecule has 0 radical (unpaired) electrons. The number of nitrogens with zero attached hydrogens (tertiary/aromatic N) is 1. The minimum Gasteiger partial charge on any atom is -0.348 e. The van der Waals surface area contributed by atoms with E-state index in [9.17, 15) is 0 Å². The third-order valence-corrected chi connectivity index (χ3v) is 5.74. The van der Waals surface area contributed by atoms with Crippen molar-refractivity contribution < 1.29 is 9.47 Å². The summed E-state index contributed by atoms with van der Waals surface area (Å²) in [5, 5.41) is 0. The molecule has 0 unspecified atom stereocenters. The van der Waals surface area contributed by atoms with E-state index in [4.69, 9.17) is 9.47 Å². The van der Waals surface area contributed by atoms with Crippen LogP contribution in [-0.4, -0.2) is 37.0 Å². The molecule has 2 heterocycles. The van der Waals surface area contributed by atoms with Crippen LogP contribution in [0.3, 0.4) is 0 Å². The Morgan fingerprint density at radius 3 is 2.55 bits per heavy atom. The van der Waals surface area contributed by atoms with Crippen molar-refractivity contribution in [1.29, 1.82) is 0 Å². The van der Waals surface area contributed by atoms with Gasteiger partial charge < -0.3 is 9.47 Å². The zero-order valence-corrected chi connectivity index (χ0v) is 13.4. The molecule has 1 aromatic rings. The second kappa shape index (κ2) is 6.31. The van der Waals surface area contributed by atoms with E-state index in [-0.39, 0.29) is 5.79 Å².